The van der Waals surface area contributed by atoms with Crippen LogP contribution in [0.15, 0.2) is 6.07 Å². The Morgan fingerprint density at radius 2 is 1.90 bits per heavy atom. The van der Waals surface area contributed by atoms with Gasteiger partial charge in [-0.1, -0.05) is 27.7 Å². The second-order valence-corrected chi connectivity index (χ2v) is 6.84. The zero-order chi connectivity index (χ0) is 14.8. The summed E-state index contributed by atoms with van der Waals surface area (Å²) in [5.41, 5.74) is 0.463. The number of rotatable bonds is 4. The Morgan fingerprint density at radius 1 is 1.25 bits per heavy atom. The second-order valence-electron chi connectivity index (χ2n) is 6.84. The van der Waals surface area contributed by atoms with Crippen molar-refractivity contribution in [2.24, 2.45) is 5.41 Å². The van der Waals surface area contributed by atoms with E-state index in [0.29, 0.717) is 23.3 Å². The molecule has 1 N–H and O–H groups in total. The minimum Gasteiger partial charge on any atom is -0.474 e. The Labute approximate surface area is 122 Å². The molecule has 0 aliphatic heterocycles. The van der Waals surface area contributed by atoms with Gasteiger partial charge in [-0.05, 0) is 31.1 Å². The smallest absolute Gasteiger partial charge is 0.219 e. The van der Waals surface area contributed by atoms with Crippen molar-refractivity contribution < 1.29 is 4.74 Å². The van der Waals surface area contributed by atoms with Crippen LogP contribution in [-0.4, -0.2) is 23.1 Å². The molecule has 4 nitrogen and oxygen atoms in total. The predicted octanol–water partition coefficient (Wildman–Crippen LogP) is 3.99. The summed E-state index contributed by atoms with van der Waals surface area (Å²) < 4.78 is 6.09. The van der Waals surface area contributed by atoms with Gasteiger partial charge in [0.2, 0.25) is 5.88 Å². The monoisotopic (exact) mass is 277 g/mol. The van der Waals surface area contributed by atoms with Crippen LogP contribution in [0.3, 0.4) is 0 Å². The topological polar surface area (TPSA) is 47.0 Å². The third-order valence-electron chi connectivity index (χ3n) is 4.07. The van der Waals surface area contributed by atoms with Crippen LogP contribution in [0.4, 0.5) is 5.82 Å². The molecule has 1 fully saturated rings. The first kappa shape index (κ1) is 15.1. The van der Waals surface area contributed by atoms with Gasteiger partial charge in [0.05, 0.1) is 0 Å². The molecule has 112 valence electrons. The molecule has 0 unspecified atom stereocenters. The summed E-state index contributed by atoms with van der Waals surface area (Å²) in [5, 5.41) is 3.08. The van der Waals surface area contributed by atoms with Crippen LogP contribution in [-0.2, 0) is 0 Å². The highest BCUT2D eigenvalue weighted by Crippen LogP contribution is 2.36. The Balaban J connectivity index is 2.07. The average molecular weight is 277 g/mol. The fourth-order valence-corrected chi connectivity index (χ4v) is 2.55. The first-order valence-electron chi connectivity index (χ1n) is 7.63. The number of hydrogen-bond donors (Lipinski definition) is 1. The molecule has 2 rings (SSSR count). The van der Waals surface area contributed by atoms with Crippen LogP contribution in [0.1, 0.15) is 65.1 Å². The van der Waals surface area contributed by atoms with Crippen molar-refractivity contribution in [3.05, 3.63) is 11.9 Å². The molecule has 1 aromatic rings. The number of ether oxygens (including phenoxy) is 1. The van der Waals surface area contributed by atoms with Crippen molar-refractivity contribution in [1.82, 2.24) is 9.97 Å². The van der Waals surface area contributed by atoms with E-state index in [-0.39, 0.29) is 0 Å². The molecule has 1 aliphatic carbocycles. The van der Waals surface area contributed by atoms with Crippen LogP contribution < -0.4 is 10.1 Å². The van der Waals surface area contributed by atoms with Crippen LogP contribution >= 0.6 is 0 Å². The fourth-order valence-electron chi connectivity index (χ4n) is 2.55. The van der Waals surface area contributed by atoms with E-state index in [2.05, 4.69) is 43.0 Å². The number of nitrogens with zero attached hydrogens (tertiary/aromatic N) is 2. The SMILES string of the molecule is CNc1cc(OC2CCC(C)(C)CC2)nc(C(C)C)n1. The van der Waals surface area contributed by atoms with E-state index in [4.69, 9.17) is 4.74 Å². The molecule has 1 aliphatic rings. The zero-order valence-corrected chi connectivity index (χ0v) is 13.4. The summed E-state index contributed by atoms with van der Waals surface area (Å²) in [4.78, 5) is 9.00. The summed E-state index contributed by atoms with van der Waals surface area (Å²) >= 11 is 0. The van der Waals surface area contributed by atoms with Crippen LogP contribution in [0, 0.1) is 5.41 Å². The lowest BCUT2D eigenvalue weighted by Crippen LogP contribution is -2.28. The third-order valence-corrected chi connectivity index (χ3v) is 4.07. The largest absolute Gasteiger partial charge is 0.474 e. The van der Waals surface area contributed by atoms with Gasteiger partial charge < -0.3 is 10.1 Å². The third kappa shape index (κ3) is 3.84. The summed E-state index contributed by atoms with van der Waals surface area (Å²) in [5.74, 6) is 2.67. The van der Waals surface area contributed by atoms with Crippen LogP contribution in [0.5, 0.6) is 5.88 Å². The zero-order valence-electron chi connectivity index (χ0n) is 13.4. The quantitative estimate of drug-likeness (QED) is 0.904. The Hall–Kier alpha value is -1.32. The molecule has 0 bridgehead atoms. The van der Waals surface area contributed by atoms with Crippen molar-refractivity contribution >= 4 is 5.82 Å². The molecular weight excluding hydrogens is 250 g/mol. The van der Waals surface area contributed by atoms with E-state index in [0.717, 1.165) is 24.5 Å². The lowest BCUT2D eigenvalue weighted by Gasteiger charge is -2.34. The molecule has 20 heavy (non-hydrogen) atoms. The molecule has 0 atom stereocenters. The highest BCUT2D eigenvalue weighted by atomic mass is 16.5. The Kier molecular flexibility index (Phi) is 4.51. The maximum absolute atomic E-state index is 6.09. The van der Waals surface area contributed by atoms with E-state index in [1.165, 1.54) is 12.8 Å². The van der Waals surface area contributed by atoms with E-state index < -0.39 is 0 Å². The van der Waals surface area contributed by atoms with Gasteiger partial charge in [-0.2, -0.15) is 4.98 Å². The molecule has 0 radical (unpaired) electrons. The lowest BCUT2D eigenvalue weighted by molar-refractivity contribution is 0.0945. The Morgan fingerprint density at radius 3 is 2.45 bits per heavy atom. The summed E-state index contributed by atoms with van der Waals surface area (Å²) in [6.07, 6.45) is 4.96. The number of aromatic nitrogens is 2. The standard InChI is InChI=1S/C16H27N3O/c1-11(2)15-18-13(17-5)10-14(19-15)20-12-6-8-16(3,4)9-7-12/h10-12H,6-9H2,1-5H3,(H,17,18,19). The number of nitrogens with one attached hydrogen (secondary N) is 1. The molecule has 0 aromatic carbocycles. The highest BCUT2D eigenvalue weighted by molar-refractivity contribution is 5.38. The number of anilines is 1. The number of hydrogen-bond acceptors (Lipinski definition) is 4. The van der Waals surface area contributed by atoms with Gasteiger partial charge in [-0.3, -0.25) is 0 Å². The lowest BCUT2D eigenvalue weighted by atomic mass is 9.76. The molecule has 0 amide bonds. The van der Waals surface area contributed by atoms with Gasteiger partial charge in [0.15, 0.2) is 0 Å². The maximum Gasteiger partial charge on any atom is 0.219 e. The van der Waals surface area contributed by atoms with Gasteiger partial charge in [-0.15, -0.1) is 0 Å². The fraction of sp³-hybridized carbons (Fsp3) is 0.750. The minimum atomic E-state index is 0.294. The van der Waals surface area contributed by atoms with E-state index in [1.54, 1.807) is 0 Å². The van der Waals surface area contributed by atoms with Crippen LogP contribution in [0.2, 0.25) is 0 Å². The molecule has 4 heteroatoms. The molecule has 1 aromatic heterocycles. The molecule has 0 saturated heterocycles. The van der Waals surface area contributed by atoms with Crippen LogP contribution in [0.25, 0.3) is 0 Å². The summed E-state index contributed by atoms with van der Waals surface area (Å²) in [6, 6.07) is 1.89. The van der Waals surface area contributed by atoms with E-state index >= 15 is 0 Å². The van der Waals surface area contributed by atoms with E-state index in [9.17, 15) is 0 Å². The Bertz CT molecular complexity index is 447. The maximum atomic E-state index is 6.09. The van der Waals surface area contributed by atoms with Gasteiger partial charge in [0, 0.05) is 19.0 Å². The van der Waals surface area contributed by atoms with Gasteiger partial charge in [0.1, 0.15) is 17.7 Å². The van der Waals surface area contributed by atoms with Gasteiger partial charge in [-0.25, -0.2) is 4.98 Å². The summed E-state index contributed by atoms with van der Waals surface area (Å²) in [6.45, 7) is 8.87. The van der Waals surface area contributed by atoms with Crippen molar-refractivity contribution in [1.29, 1.82) is 0 Å². The molecule has 1 heterocycles. The van der Waals surface area contributed by atoms with Gasteiger partial charge in [0.25, 0.3) is 0 Å². The van der Waals surface area contributed by atoms with Crippen molar-refractivity contribution in [3.63, 3.8) is 0 Å². The van der Waals surface area contributed by atoms with Gasteiger partial charge >= 0.3 is 0 Å². The van der Waals surface area contributed by atoms with Crippen molar-refractivity contribution in [2.45, 2.75) is 65.4 Å². The minimum absolute atomic E-state index is 0.294. The van der Waals surface area contributed by atoms with Crippen molar-refractivity contribution in [2.75, 3.05) is 12.4 Å². The van der Waals surface area contributed by atoms with Crippen molar-refractivity contribution in [3.8, 4) is 5.88 Å². The van der Waals surface area contributed by atoms with E-state index in [1.807, 2.05) is 13.1 Å². The molecule has 1 saturated carbocycles. The molecular formula is C16H27N3O. The first-order valence-corrected chi connectivity index (χ1v) is 7.63. The molecule has 0 spiro atoms. The normalized spacial score (nSPS) is 19.1. The first-order chi connectivity index (χ1) is 9.39. The highest BCUT2D eigenvalue weighted by Gasteiger charge is 2.28. The average Bonchev–Trinajstić information content (AvgIpc) is 2.41. The second kappa shape index (κ2) is 5.98. The summed E-state index contributed by atoms with van der Waals surface area (Å²) in [7, 11) is 1.87. The predicted molar refractivity (Wildman–Crippen MR) is 82.3 cm³/mol.